The molecule has 1 aliphatic carbocycles. The van der Waals surface area contributed by atoms with E-state index in [1.54, 1.807) is 0 Å². The molecule has 8 heteroatoms. The largest absolute Gasteiger partial charge is 0.448 e. The lowest BCUT2D eigenvalue weighted by Gasteiger charge is -2.28. The van der Waals surface area contributed by atoms with Crippen LogP contribution in [0.4, 0.5) is 11.7 Å². The van der Waals surface area contributed by atoms with Crippen molar-refractivity contribution in [3.8, 4) is 0 Å². The number of carbonyl (C=O) groups excluding carboxylic acids is 1. The number of carbonyl (C=O) groups is 1. The summed E-state index contributed by atoms with van der Waals surface area (Å²) in [7, 11) is 0. The minimum Gasteiger partial charge on any atom is -0.448 e. The van der Waals surface area contributed by atoms with E-state index in [1.165, 1.54) is 6.07 Å². The molecule has 5 rings (SSSR count). The highest BCUT2D eigenvalue weighted by molar-refractivity contribution is 5.96. The Morgan fingerprint density at radius 1 is 0.837 bits per heavy atom. The lowest BCUT2D eigenvalue weighted by Crippen LogP contribution is -2.45. The predicted molar refractivity (Wildman–Crippen MR) is 172 cm³/mol. The van der Waals surface area contributed by atoms with E-state index < -0.39 is 12.0 Å². The third-order valence-electron chi connectivity index (χ3n) is 8.37. The number of fused-ring (bicyclic) bond motifs is 2. The highest BCUT2D eigenvalue weighted by Gasteiger charge is 2.28. The topological polar surface area (TPSA) is 118 Å². The molecule has 0 saturated heterocycles. The molecule has 0 unspecified atom stereocenters. The molecule has 0 bridgehead atoms. The quantitative estimate of drug-likeness (QED) is 0.225. The molecule has 4 aromatic rings. The van der Waals surface area contributed by atoms with Crippen LogP contribution in [0.1, 0.15) is 115 Å². The number of nitrogens with one attached hydrogen (secondary N) is 2. The van der Waals surface area contributed by atoms with E-state index in [2.05, 4.69) is 85.1 Å². The number of aliphatic hydroxyl groups is 1. The number of oxazole rings is 1. The average Bonchev–Trinajstić information content (AvgIpc) is 3.30. The van der Waals surface area contributed by atoms with Gasteiger partial charge in [0, 0.05) is 11.6 Å². The second-order valence-electron chi connectivity index (χ2n) is 15.1. The first-order chi connectivity index (χ1) is 19.9. The molecule has 8 nitrogen and oxygen atoms in total. The lowest BCUT2D eigenvalue weighted by molar-refractivity contribution is 0.0698. The second kappa shape index (κ2) is 10.8. The molecule has 1 fully saturated rings. The molecule has 230 valence electrons. The van der Waals surface area contributed by atoms with E-state index in [-0.39, 0.29) is 45.1 Å². The van der Waals surface area contributed by atoms with Gasteiger partial charge < -0.3 is 24.6 Å². The number of hydrogen-bond acceptors (Lipinski definition) is 7. The summed E-state index contributed by atoms with van der Waals surface area (Å²) in [6, 6.07) is 9.10. The molecule has 1 amide bonds. The summed E-state index contributed by atoms with van der Waals surface area (Å²) in [5.41, 5.74) is 4.43. The number of aliphatic hydroxyl groups excluding tert-OH is 1. The molecule has 2 aromatic carbocycles. The first-order valence-electron chi connectivity index (χ1n) is 15.3. The Bertz CT molecular complexity index is 1740. The number of rotatable bonds is 4. The van der Waals surface area contributed by atoms with E-state index in [0.717, 1.165) is 35.0 Å². The van der Waals surface area contributed by atoms with Crippen molar-refractivity contribution in [2.24, 2.45) is 0 Å². The van der Waals surface area contributed by atoms with E-state index in [1.807, 2.05) is 12.1 Å². The fourth-order valence-electron chi connectivity index (χ4n) is 5.61. The molecular weight excluding hydrogens is 542 g/mol. The lowest BCUT2D eigenvalue weighted by atomic mass is 9.80. The zero-order valence-electron chi connectivity index (χ0n) is 26.9. The number of anilines is 2. The maximum atomic E-state index is 13.4. The van der Waals surface area contributed by atoms with Crippen LogP contribution in [0.5, 0.6) is 0 Å². The van der Waals surface area contributed by atoms with Crippen molar-refractivity contribution in [1.82, 2.24) is 10.3 Å². The SMILES string of the molecule is CC(C)(C)c1cc(C(C)(C)C)c2oc(Nc3cc(C(C)(C)C)cc4c(=O)cc(C(=O)N[C@@H]5CCCC[C@H]5O)oc34)nc2c1. The summed E-state index contributed by atoms with van der Waals surface area (Å²) in [6.07, 6.45) is 2.54. The first-order valence-corrected chi connectivity index (χ1v) is 15.3. The summed E-state index contributed by atoms with van der Waals surface area (Å²) in [4.78, 5) is 31.4. The second-order valence-corrected chi connectivity index (χ2v) is 15.1. The minimum absolute atomic E-state index is 0.0774. The van der Waals surface area contributed by atoms with Crippen LogP contribution in [0.25, 0.3) is 22.1 Å². The van der Waals surface area contributed by atoms with Gasteiger partial charge in [-0.15, -0.1) is 0 Å². The van der Waals surface area contributed by atoms with Crippen molar-refractivity contribution >= 4 is 39.7 Å². The van der Waals surface area contributed by atoms with Crippen LogP contribution in [0, 0.1) is 0 Å². The molecule has 2 aromatic heterocycles. The Hall–Kier alpha value is -3.65. The van der Waals surface area contributed by atoms with Crippen molar-refractivity contribution in [2.75, 3.05) is 5.32 Å². The van der Waals surface area contributed by atoms with Crippen LogP contribution in [0.3, 0.4) is 0 Å². The summed E-state index contributed by atoms with van der Waals surface area (Å²) < 4.78 is 12.5. The van der Waals surface area contributed by atoms with Gasteiger partial charge in [-0.2, -0.15) is 4.98 Å². The standard InChI is InChI=1S/C35H45N3O5/c1-33(2,3)19-14-21-27(40)18-28(31(41)36-23-12-10-11-13-26(23)39)42-29(21)24(16-19)37-32-38-25-17-20(34(4,5)6)15-22(30(25)43-32)35(7,8)9/h14-18,23,26,39H,10-13H2,1-9H3,(H,36,41)(H,37,38)/t23-,26-/m1/s1. The fraction of sp³-hybridized carbons (Fsp3) is 0.514. The third kappa shape index (κ3) is 6.35. The van der Waals surface area contributed by atoms with Crippen molar-refractivity contribution in [3.05, 3.63) is 63.0 Å². The normalized spacial score (nSPS) is 18.3. The molecule has 1 aliphatic rings. The maximum absolute atomic E-state index is 13.4. The molecule has 0 spiro atoms. The van der Waals surface area contributed by atoms with Gasteiger partial charge >= 0.3 is 0 Å². The molecule has 3 N–H and O–H groups in total. The van der Waals surface area contributed by atoms with Crippen LogP contribution >= 0.6 is 0 Å². The molecular formula is C35H45N3O5. The summed E-state index contributed by atoms with van der Waals surface area (Å²) in [6.45, 7) is 19.2. The van der Waals surface area contributed by atoms with Gasteiger partial charge in [-0.25, -0.2) is 0 Å². The highest BCUT2D eigenvalue weighted by Crippen LogP contribution is 2.38. The number of hydrogen-bond donors (Lipinski definition) is 3. The Kier molecular flexibility index (Phi) is 7.74. The van der Waals surface area contributed by atoms with Crippen molar-refractivity contribution in [2.45, 2.75) is 116 Å². The van der Waals surface area contributed by atoms with E-state index in [0.29, 0.717) is 29.5 Å². The van der Waals surface area contributed by atoms with Crippen molar-refractivity contribution < 1.29 is 18.7 Å². The Balaban J connectivity index is 1.63. The average molecular weight is 588 g/mol. The van der Waals surface area contributed by atoms with Gasteiger partial charge in [0.25, 0.3) is 11.9 Å². The molecule has 0 aliphatic heterocycles. The van der Waals surface area contributed by atoms with Gasteiger partial charge in [0.05, 0.1) is 23.2 Å². The van der Waals surface area contributed by atoms with Gasteiger partial charge in [-0.3, -0.25) is 9.59 Å². The Morgan fingerprint density at radius 3 is 2.12 bits per heavy atom. The van der Waals surface area contributed by atoms with E-state index >= 15 is 0 Å². The van der Waals surface area contributed by atoms with Gasteiger partial charge in [0.15, 0.2) is 22.4 Å². The smallest absolute Gasteiger partial charge is 0.300 e. The fourth-order valence-corrected chi connectivity index (χ4v) is 5.61. The van der Waals surface area contributed by atoms with E-state index in [4.69, 9.17) is 13.8 Å². The van der Waals surface area contributed by atoms with Crippen molar-refractivity contribution in [3.63, 3.8) is 0 Å². The number of amides is 1. The summed E-state index contributed by atoms with van der Waals surface area (Å²) in [5.74, 6) is -0.633. The van der Waals surface area contributed by atoms with Gasteiger partial charge in [0.2, 0.25) is 0 Å². The van der Waals surface area contributed by atoms with Crippen LogP contribution in [-0.2, 0) is 16.2 Å². The minimum atomic E-state index is -0.618. The number of benzene rings is 2. The first kappa shape index (κ1) is 30.8. The number of aromatic nitrogens is 1. The van der Waals surface area contributed by atoms with Crippen LogP contribution in [0.2, 0.25) is 0 Å². The van der Waals surface area contributed by atoms with Crippen LogP contribution in [-0.4, -0.2) is 28.1 Å². The van der Waals surface area contributed by atoms with Gasteiger partial charge in [0.1, 0.15) is 5.52 Å². The number of nitrogens with zero attached hydrogens (tertiary/aromatic N) is 1. The molecule has 1 saturated carbocycles. The Labute approximate surface area is 253 Å². The zero-order chi connectivity index (χ0) is 31.5. The Morgan fingerprint density at radius 2 is 1.49 bits per heavy atom. The molecule has 0 radical (unpaired) electrons. The summed E-state index contributed by atoms with van der Waals surface area (Å²) >= 11 is 0. The third-order valence-corrected chi connectivity index (χ3v) is 8.37. The zero-order valence-corrected chi connectivity index (χ0v) is 26.9. The monoisotopic (exact) mass is 587 g/mol. The van der Waals surface area contributed by atoms with Gasteiger partial charge in [-0.1, -0.05) is 81.2 Å². The molecule has 2 heterocycles. The van der Waals surface area contributed by atoms with Crippen LogP contribution in [0.15, 0.2) is 44.0 Å². The van der Waals surface area contributed by atoms with Gasteiger partial charge in [-0.05, 0) is 58.4 Å². The molecule has 43 heavy (non-hydrogen) atoms. The summed E-state index contributed by atoms with van der Waals surface area (Å²) in [5, 5.41) is 16.9. The maximum Gasteiger partial charge on any atom is 0.300 e. The van der Waals surface area contributed by atoms with Crippen molar-refractivity contribution in [1.29, 1.82) is 0 Å². The molecule has 2 atom stereocenters. The highest BCUT2D eigenvalue weighted by atomic mass is 16.4. The van der Waals surface area contributed by atoms with E-state index in [9.17, 15) is 14.7 Å². The van der Waals surface area contributed by atoms with Crippen LogP contribution < -0.4 is 16.1 Å². The predicted octanol–water partition coefficient (Wildman–Crippen LogP) is 7.60.